The zero-order valence-electron chi connectivity index (χ0n) is 14.0. The van der Waals surface area contributed by atoms with E-state index < -0.39 is 71.5 Å². The molecule has 1 aliphatic heterocycles. The summed E-state index contributed by atoms with van der Waals surface area (Å²) >= 11 is 0. The number of rotatable bonds is 5. The van der Waals surface area contributed by atoms with Crippen LogP contribution < -0.4 is 5.32 Å². The molecule has 2 rings (SSSR count). The number of ketones is 1. The fourth-order valence-corrected chi connectivity index (χ4v) is 2.64. The van der Waals surface area contributed by atoms with Crippen LogP contribution in [0, 0.1) is 17.6 Å². The maximum Gasteiger partial charge on any atom is 0.419 e. The van der Waals surface area contributed by atoms with Gasteiger partial charge < -0.3 is 15.3 Å². The topological polar surface area (TPSA) is 104 Å². The van der Waals surface area contributed by atoms with Gasteiger partial charge in [0.05, 0.1) is 5.56 Å². The Bertz CT molecular complexity index is 839. The number of aliphatic carboxylic acids is 1. The molecule has 1 heterocycles. The van der Waals surface area contributed by atoms with Crippen molar-refractivity contribution in [1.82, 2.24) is 10.2 Å². The zero-order valence-corrected chi connectivity index (χ0v) is 14.0. The number of amides is 2. The third kappa shape index (κ3) is 4.43. The predicted octanol–water partition coefficient (Wildman–Crippen LogP) is 1.10. The van der Waals surface area contributed by atoms with E-state index in [4.69, 9.17) is 5.11 Å². The molecule has 0 saturated carbocycles. The SMILES string of the molecule is O=C(O)CNC(=O)C1C(=O)CCN(Cc2ccc(C(F)(F)F)c(F)c2F)C1=O. The van der Waals surface area contributed by atoms with Crippen LogP contribution in [0.5, 0.6) is 0 Å². The van der Waals surface area contributed by atoms with Gasteiger partial charge in [-0.3, -0.25) is 19.2 Å². The van der Waals surface area contributed by atoms with Crippen molar-refractivity contribution in [3.05, 3.63) is 34.9 Å². The number of hydrogen-bond donors (Lipinski definition) is 2. The predicted molar refractivity (Wildman–Crippen MR) is 80.5 cm³/mol. The number of benzene rings is 1. The summed E-state index contributed by atoms with van der Waals surface area (Å²) < 4.78 is 65.5. The van der Waals surface area contributed by atoms with E-state index in [-0.39, 0.29) is 13.0 Å². The standard InChI is InChI=1S/C16H13F5N2O5/c17-12-7(1-2-8(13(12)18)16(19,20)21)6-23-4-3-9(24)11(15(23)28)14(27)22-5-10(25)26/h1-2,11H,3-6H2,(H,22,27)(H,25,26). The van der Waals surface area contributed by atoms with Crippen molar-refractivity contribution in [2.75, 3.05) is 13.1 Å². The van der Waals surface area contributed by atoms with Crippen molar-refractivity contribution >= 4 is 23.6 Å². The summed E-state index contributed by atoms with van der Waals surface area (Å²) in [6.07, 6.45) is -5.42. The van der Waals surface area contributed by atoms with Gasteiger partial charge in [-0.25, -0.2) is 8.78 Å². The number of alkyl halides is 3. The average Bonchev–Trinajstić information content (AvgIpc) is 2.58. The van der Waals surface area contributed by atoms with Gasteiger partial charge in [-0.05, 0) is 6.07 Å². The first-order chi connectivity index (χ1) is 12.9. The smallest absolute Gasteiger partial charge is 0.419 e. The Morgan fingerprint density at radius 1 is 1.18 bits per heavy atom. The van der Waals surface area contributed by atoms with Crippen molar-refractivity contribution in [2.24, 2.45) is 5.92 Å². The molecule has 0 aromatic heterocycles. The van der Waals surface area contributed by atoms with Crippen LogP contribution in [0.3, 0.4) is 0 Å². The molecule has 1 fully saturated rings. The highest BCUT2D eigenvalue weighted by Crippen LogP contribution is 2.33. The number of Topliss-reactive ketones (excluding diaryl/α,β-unsaturated/α-hetero) is 1. The Labute approximate surface area is 154 Å². The molecule has 7 nitrogen and oxygen atoms in total. The fraction of sp³-hybridized carbons (Fsp3) is 0.375. The molecule has 28 heavy (non-hydrogen) atoms. The van der Waals surface area contributed by atoms with E-state index in [1.807, 2.05) is 5.32 Å². The molecule has 152 valence electrons. The van der Waals surface area contributed by atoms with Crippen molar-refractivity contribution in [3.8, 4) is 0 Å². The fourth-order valence-electron chi connectivity index (χ4n) is 2.64. The van der Waals surface area contributed by atoms with Gasteiger partial charge in [-0.15, -0.1) is 0 Å². The molecule has 2 N–H and O–H groups in total. The number of piperidine rings is 1. The molecule has 12 heteroatoms. The number of halogens is 5. The van der Waals surface area contributed by atoms with Gasteiger partial charge in [0.2, 0.25) is 11.8 Å². The molecule has 1 saturated heterocycles. The number of carbonyl (C=O) groups excluding carboxylic acids is 3. The molecule has 0 bridgehead atoms. The number of carboxylic acids is 1. The molecule has 1 unspecified atom stereocenters. The lowest BCUT2D eigenvalue weighted by Crippen LogP contribution is -2.52. The van der Waals surface area contributed by atoms with Crippen LogP contribution in [0.15, 0.2) is 12.1 Å². The van der Waals surface area contributed by atoms with E-state index in [2.05, 4.69) is 0 Å². The molecular weight excluding hydrogens is 395 g/mol. The summed E-state index contributed by atoms with van der Waals surface area (Å²) in [5.41, 5.74) is -2.38. The van der Waals surface area contributed by atoms with Crippen LogP contribution in [0.25, 0.3) is 0 Å². The van der Waals surface area contributed by atoms with Crippen molar-refractivity contribution in [2.45, 2.75) is 19.1 Å². The first-order valence-corrected chi connectivity index (χ1v) is 7.78. The molecule has 1 atom stereocenters. The molecule has 0 radical (unpaired) electrons. The van der Waals surface area contributed by atoms with Gasteiger partial charge in [-0.1, -0.05) is 6.07 Å². The largest absolute Gasteiger partial charge is 0.480 e. The average molecular weight is 408 g/mol. The maximum absolute atomic E-state index is 14.0. The number of nitrogens with one attached hydrogen (secondary N) is 1. The molecule has 0 aliphatic carbocycles. The quantitative estimate of drug-likeness (QED) is 0.561. The summed E-state index contributed by atoms with van der Waals surface area (Å²) in [6, 6.07) is 0.981. The van der Waals surface area contributed by atoms with Crippen LogP contribution in [0.4, 0.5) is 22.0 Å². The lowest BCUT2D eigenvalue weighted by molar-refractivity contribution is -0.152. The highest BCUT2D eigenvalue weighted by molar-refractivity contribution is 6.19. The Morgan fingerprint density at radius 2 is 1.82 bits per heavy atom. The highest BCUT2D eigenvalue weighted by Gasteiger charge is 2.41. The van der Waals surface area contributed by atoms with E-state index in [1.165, 1.54) is 0 Å². The van der Waals surface area contributed by atoms with Crippen molar-refractivity contribution in [1.29, 1.82) is 0 Å². The lowest BCUT2D eigenvalue weighted by Gasteiger charge is -2.31. The summed E-state index contributed by atoms with van der Waals surface area (Å²) in [5.74, 6) is -10.2. The monoisotopic (exact) mass is 408 g/mol. The number of carbonyl (C=O) groups is 4. The minimum atomic E-state index is -5.11. The third-order valence-corrected chi connectivity index (χ3v) is 4.01. The van der Waals surface area contributed by atoms with E-state index in [0.29, 0.717) is 12.1 Å². The summed E-state index contributed by atoms with van der Waals surface area (Å²) in [7, 11) is 0. The van der Waals surface area contributed by atoms with Crippen LogP contribution in [-0.4, -0.2) is 46.7 Å². The zero-order chi connectivity index (χ0) is 21.2. The molecule has 1 aromatic rings. The minimum Gasteiger partial charge on any atom is -0.480 e. The second-order valence-electron chi connectivity index (χ2n) is 5.92. The first-order valence-electron chi connectivity index (χ1n) is 7.78. The maximum atomic E-state index is 14.0. The Morgan fingerprint density at radius 3 is 2.39 bits per heavy atom. The number of nitrogens with zero attached hydrogens (tertiary/aromatic N) is 1. The minimum absolute atomic E-state index is 0.261. The lowest BCUT2D eigenvalue weighted by atomic mass is 9.94. The van der Waals surface area contributed by atoms with Gasteiger partial charge in [0, 0.05) is 25.1 Å². The molecule has 2 amide bonds. The summed E-state index contributed by atoms with van der Waals surface area (Å²) in [6.45, 7) is -1.77. The van der Waals surface area contributed by atoms with Crippen LogP contribution >= 0.6 is 0 Å². The highest BCUT2D eigenvalue weighted by atomic mass is 19.4. The third-order valence-electron chi connectivity index (χ3n) is 4.01. The number of hydrogen-bond acceptors (Lipinski definition) is 4. The van der Waals surface area contributed by atoms with Crippen molar-refractivity contribution in [3.63, 3.8) is 0 Å². The molecule has 1 aliphatic rings. The Kier molecular flexibility index (Phi) is 6.00. The van der Waals surface area contributed by atoms with Gasteiger partial charge >= 0.3 is 12.1 Å². The summed E-state index contributed by atoms with van der Waals surface area (Å²) in [5, 5.41) is 10.4. The van der Waals surface area contributed by atoms with Crippen LogP contribution in [0.2, 0.25) is 0 Å². The first kappa shape index (κ1) is 21.3. The van der Waals surface area contributed by atoms with Crippen LogP contribution in [0.1, 0.15) is 17.5 Å². The molecular formula is C16H13F5N2O5. The normalized spacial score (nSPS) is 17.6. The van der Waals surface area contributed by atoms with Crippen LogP contribution in [-0.2, 0) is 31.9 Å². The van der Waals surface area contributed by atoms with E-state index in [9.17, 15) is 41.1 Å². The van der Waals surface area contributed by atoms with Gasteiger partial charge in [-0.2, -0.15) is 13.2 Å². The summed E-state index contributed by atoms with van der Waals surface area (Å²) in [4.78, 5) is 47.4. The Balaban J connectivity index is 2.21. The van der Waals surface area contributed by atoms with Gasteiger partial charge in [0.25, 0.3) is 0 Å². The molecule has 0 spiro atoms. The number of likely N-dealkylation sites (tertiary alicyclic amines) is 1. The Hall–Kier alpha value is -3.05. The second-order valence-corrected chi connectivity index (χ2v) is 5.92. The van der Waals surface area contributed by atoms with Crippen molar-refractivity contribution < 1.29 is 46.2 Å². The van der Waals surface area contributed by atoms with E-state index in [1.54, 1.807) is 0 Å². The van der Waals surface area contributed by atoms with Gasteiger partial charge in [0.15, 0.2) is 23.3 Å². The second kappa shape index (κ2) is 7.90. The van der Waals surface area contributed by atoms with E-state index in [0.717, 1.165) is 4.90 Å². The number of carboxylic acid groups (broad SMARTS) is 1. The van der Waals surface area contributed by atoms with E-state index >= 15 is 0 Å². The van der Waals surface area contributed by atoms with Gasteiger partial charge in [0.1, 0.15) is 6.54 Å². The molecule has 1 aromatic carbocycles.